The smallest absolute Gasteiger partial charge is 0.339 e. The Bertz CT molecular complexity index is 615. The van der Waals surface area contributed by atoms with Crippen LogP contribution in [0.3, 0.4) is 0 Å². The van der Waals surface area contributed by atoms with E-state index in [-0.39, 0.29) is 11.3 Å². The SMILES string of the molecule is COc1cc(Oc2ccc(I)cc2C(=O)O)ccn1. The van der Waals surface area contributed by atoms with Crippen molar-refractivity contribution in [1.82, 2.24) is 4.98 Å². The number of nitrogens with zero attached hydrogens (tertiary/aromatic N) is 1. The zero-order valence-electron chi connectivity index (χ0n) is 9.96. The van der Waals surface area contributed by atoms with Gasteiger partial charge in [-0.1, -0.05) is 0 Å². The summed E-state index contributed by atoms with van der Waals surface area (Å²) in [6.45, 7) is 0. The summed E-state index contributed by atoms with van der Waals surface area (Å²) in [5.41, 5.74) is 0.114. The zero-order chi connectivity index (χ0) is 13.8. The molecule has 1 aromatic heterocycles. The van der Waals surface area contributed by atoms with E-state index in [1.165, 1.54) is 13.3 Å². The van der Waals surface area contributed by atoms with Crippen LogP contribution < -0.4 is 9.47 Å². The lowest BCUT2D eigenvalue weighted by molar-refractivity contribution is 0.0694. The van der Waals surface area contributed by atoms with Crippen LogP contribution >= 0.6 is 22.6 Å². The molecule has 19 heavy (non-hydrogen) atoms. The highest BCUT2D eigenvalue weighted by molar-refractivity contribution is 14.1. The normalized spacial score (nSPS) is 10.0. The molecule has 0 aliphatic rings. The lowest BCUT2D eigenvalue weighted by Gasteiger charge is -2.09. The molecule has 6 heteroatoms. The molecule has 0 bridgehead atoms. The van der Waals surface area contributed by atoms with Gasteiger partial charge in [-0.3, -0.25) is 0 Å². The van der Waals surface area contributed by atoms with Crippen molar-refractivity contribution in [2.45, 2.75) is 0 Å². The van der Waals surface area contributed by atoms with Crippen molar-refractivity contribution in [3.8, 4) is 17.4 Å². The van der Waals surface area contributed by atoms with Gasteiger partial charge >= 0.3 is 5.97 Å². The summed E-state index contributed by atoms with van der Waals surface area (Å²) in [5, 5.41) is 9.15. The van der Waals surface area contributed by atoms with Crippen LogP contribution in [0.25, 0.3) is 0 Å². The summed E-state index contributed by atoms with van der Waals surface area (Å²) in [5.74, 6) is 0.117. The van der Waals surface area contributed by atoms with Crippen LogP contribution in [0.2, 0.25) is 0 Å². The average Bonchev–Trinajstić information content (AvgIpc) is 2.41. The van der Waals surface area contributed by atoms with E-state index in [1.54, 1.807) is 30.3 Å². The Kier molecular flexibility index (Phi) is 4.20. The third kappa shape index (κ3) is 3.34. The predicted octanol–water partition coefficient (Wildman–Crippen LogP) is 3.19. The minimum atomic E-state index is -1.03. The maximum atomic E-state index is 11.2. The molecule has 98 valence electrons. The fourth-order valence-corrected chi connectivity index (χ4v) is 1.94. The number of pyridine rings is 1. The highest BCUT2D eigenvalue weighted by Gasteiger charge is 2.13. The number of carboxylic acid groups (broad SMARTS) is 1. The maximum absolute atomic E-state index is 11.2. The fourth-order valence-electron chi connectivity index (χ4n) is 1.45. The van der Waals surface area contributed by atoms with Gasteiger partial charge < -0.3 is 14.6 Å². The Morgan fingerprint density at radius 2 is 2.11 bits per heavy atom. The van der Waals surface area contributed by atoms with Crippen molar-refractivity contribution >= 4 is 28.6 Å². The molecule has 0 atom stereocenters. The molecule has 1 heterocycles. The number of carbonyl (C=O) groups is 1. The number of hydrogen-bond donors (Lipinski definition) is 1. The van der Waals surface area contributed by atoms with Crippen molar-refractivity contribution in [3.63, 3.8) is 0 Å². The molecule has 5 nitrogen and oxygen atoms in total. The summed E-state index contributed by atoms with van der Waals surface area (Å²) in [4.78, 5) is 15.1. The zero-order valence-corrected chi connectivity index (χ0v) is 12.1. The Balaban J connectivity index is 2.34. The van der Waals surface area contributed by atoms with Crippen LogP contribution in [0, 0.1) is 3.57 Å². The molecule has 0 amide bonds. The number of aromatic nitrogens is 1. The first kappa shape index (κ1) is 13.6. The number of rotatable bonds is 4. The number of hydrogen-bond acceptors (Lipinski definition) is 4. The minimum Gasteiger partial charge on any atom is -0.481 e. The van der Waals surface area contributed by atoms with E-state index >= 15 is 0 Å². The molecule has 0 saturated heterocycles. The first-order valence-electron chi connectivity index (χ1n) is 5.31. The first-order chi connectivity index (χ1) is 9.10. The lowest BCUT2D eigenvalue weighted by atomic mass is 10.2. The summed E-state index contributed by atoms with van der Waals surface area (Å²) >= 11 is 2.05. The molecule has 0 saturated carbocycles. The number of methoxy groups -OCH3 is 1. The maximum Gasteiger partial charge on any atom is 0.339 e. The number of ether oxygens (including phenoxy) is 2. The van der Waals surface area contributed by atoms with Crippen LogP contribution in [0.15, 0.2) is 36.5 Å². The third-order valence-electron chi connectivity index (χ3n) is 2.32. The Morgan fingerprint density at radius 1 is 1.32 bits per heavy atom. The van der Waals surface area contributed by atoms with Crippen molar-refractivity contribution in [3.05, 3.63) is 45.7 Å². The molecule has 2 aromatic rings. The van der Waals surface area contributed by atoms with Crippen molar-refractivity contribution < 1.29 is 19.4 Å². The number of benzene rings is 1. The van der Waals surface area contributed by atoms with E-state index in [0.29, 0.717) is 11.6 Å². The van der Waals surface area contributed by atoms with Crippen LogP contribution in [-0.2, 0) is 0 Å². The van der Waals surface area contributed by atoms with Gasteiger partial charge in [0.2, 0.25) is 5.88 Å². The second-order valence-electron chi connectivity index (χ2n) is 3.58. The standard InChI is InChI=1S/C13H10INO4/c1-18-12-7-9(4-5-15-12)19-11-3-2-8(14)6-10(11)13(16)17/h2-7H,1H3,(H,16,17). The van der Waals surface area contributed by atoms with Crippen LogP contribution in [0.1, 0.15) is 10.4 Å². The molecule has 0 radical (unpaired) electrons. The first-order valence-corrected chi connectivity index (χ1v) is 6.39. The Hall–Kier alpha value is -1.83. The quantitative estimate of drug-likeness (QED) is 0.837. The number of carboxylic acids is 1. The minimum absolute atomic E-state index is 0.114. The second-order valence-corrected chi connectivity index (χ2v) is 4.83. The highest BCUT2D eigenvalue weighted by Crippen LogP contribution is 2.28. The second kappa shape index (κ2) is 5.87. The lowest BCUT2D eigenvalue weighted by Crippen LogP contribution is -2.00. The van der Waals surface area contributed by atoms with Gasteiger partial charge in [-0.2, -0.15) is 0 Å². The van der Waals surface area contributed by atoms with E-state index in [2.05, 4.69) is 4.98 Å². The Labute approximate surface area is 123 Å². The topological polar surface area (TPSA) is 68.7 Å². The third-order valence-corrected chi connectivity index (χ3v) is 2.99. The molecule has 0 unspecified atom stereocenters. The average molecular weight is 371 g/mol. The molecular weight excluding hydrogens is 361 g/mol. The molecule has 2 rings (SSSR count). The van der Waals surface area contributed by atoms with Gasteiger partial charge in [0.1, 0.15) is 17.1 Å². The molecule has 0 aliphatic carbocycles. The van der Waals surface area contributed by atoms with E-state index in [1.807, 2.05) is 22.6 Å². The molecule has 0 spiro atoms. The van der Waals surface area contributed by atoms with Gasteiger partial charge in [0.05, 0.1) is 7.11 Å². The monoisotopic (exact) mass is 371 g/mol. The van der Waals surface area contributed by atoms with Gasteiger partial charge in [0, 0.05) is 15.8 Å². The van der Waals surface area contributed by atoms with Gasteiger partial charge in [-0.15, -0.1) is 0 Å². The van der Waals surface area contributed by atoms with Gasteiger partial charge in [0.25, 0.3) is 0 Å². The molecular formula is C13H10INO4. The predicted molar refractivity (Wildman–Crippen MR) is 77.0 cm³/mol. The summed E-state index contributed by atoms with van der Waals surface area (Å²) < 4.78 is 11.4. The fraction of sp³-hybridized carbons (Fsp3) is 0.0769. The van der Waals surface area contributed by atoms with Crippen molar-refractivity contribution in [2.75, 3.05) is 7.11 Å². The Morgan fingerprint density at radius 3 is 2.79 bits per heavy atom. The highest BCUT2D eigenvalue weighted by atomic mass is 127. The van der Waals surface area contributed by atoms with Crippen LogP contribution in [0.4, 0.5) is 0 Å². The van der Waals surface area contributed by atoms with Crippen molar-refractivity contribution in [1.29, 1.82) is 0 Å². The summed E-state index contributed by atoms with van der Waals surface area (Å²) in [6.07, 6.45) is 1.53. The van der Waals surface area contributed by atoms with Crippen molar-refractivity contribution in [2.24, 2.45) is 0 Å². The summed E-state index contributed by atoms with van der Waals surface area (Å²) in [6, 6.07) is 8.17. The van der Waals surface area contributed by atoms with Gasteiger partial charge in [-0.25, -0.2) is 9.78 Å². The van der Waals surface area contributed by atoms with Crippen LogP contribution in [0.5, 0.6) is 17.4 Å². The largest absolute Gasteiger partial charge is 0.481 e. The van der Waals surface area contributed by atoms with Gasteiger partial charge in [0.15, 0.2) is 0 Å². The molecule has 0 fully saturated rings. The number of aromatic carboxylic acids is 1. The van der Waals surface area contributed by atoms with Gasteiger partial charge in [-0.05, 0) is 46.9 Å². The van der Waals surface area contributed by atoms with E-state index < -0.39 is 5.97 Å². The van der Waals surface area contributed by atoms with E-state index in [9.17, 15) is 4.79 Å². The van der Waals surface area contributed by atoms with E-state index in [4.69, 9.17) is 14.6 Å². The summed E-state index contributed by atoms with van der Waals surface area (Å²) in [7, 11) is 1.50. The van der Waals surface area contributed by atoms with E-state index in [0.717, 1.165) is 3.57 Å². The molecule has 1 aromatic carbocycles. The molecule has 0 aliphatic heterocycles. The number of halogens is 1. The molecule has 1 N–H and O–H groups in total. The van der Waals surface area contributed by atoms with Crippen LogP contribution in [-0.4, -0.2) is 23.2 Å².